The molecule has 0 N–H and O–H groups in total. The molecule has 2 nitrogen and oxygen atoms in total. The molecule has 0 saturated carbocycles. The SMILES string of the molecule is COc1cc(C)cc(C(=O)c2cccc(C)c2)c1. The van der Waals surface area contributed by atoms with Crippen LogP contribution in [-0.2, 0) is 0 Å². The molecular formula is C16H16O2. The van der Waals surface area contributed by atoms with Gasteiger partial charge in [-0.1, -0.05) is 23.8 Å². The molecule has 0 radical (unpaired) electrons. The maximum atomic E-state index is 12.4. The summed E-state index contributed by atoms with van der Waals surface area (Å²) in [5.74, 6) is 0.742. The second kappa shape index (κ2) is 5.05. The summed E-state index contributed by atoms with van der Waals surface area (Å²) in [7, 11) is 1.61. The summed E-state index contributed by atoms with van der Waals surface area (Å²) in [5.41, 5.74) is 3.48. The third kappa shape index (κ3) is 2.59. The van der Waals surface area contributed by atoms with Gasteiger partial charge in [0, 0.05) is 11.1 Å². The molecule has 0 aliphatic carbocycles. The van der Waals surface area contributed by atoms with Crippen molar-refractivity contribution in [1.29, 1.82) is 0 Å². The first kappa shape index (κ1) is 12.4. The van der Waals surface area contributed by atoms with Gasteiger partial charge in [-0.25, -0.2) is 0 Å². The number of hydrogen-bond donors (Lipinski definition) is 0. The predicted octanol–water partition coefficient (Wildman–Crippen LogP) is 3.54. The lowest BCUT2D eigenvalue weighted by atomic mass is 10.00. The highest BCUT2D eigenvalue weighted by atomic mass is 16.5. The van der Waals surface area contributed by atoms with Crippen molar-refractivity contribution in [2.24, 2.45) is 0 Å². The average molecular weight is 240 g/mol. The molecule has 0 saturated heterocycles. The van der Waals surface area contributed by atoms with Gasteiger partial charge in [0.1, 0.15) is 5.75 Å². The smallest absolute Gasteiger partial charge is 0.193 e. The summed E-state index contributed by atoms with van der Waals surface area (Å²) in [6.07, 6.45) is 0. The Kier molecular flexibility index (Phi) is 3.47. The maximum Gasteiger partial charge on any atom is 0.193 e. The van der Waals surface area contributed by atoms with Crippen LogP contribution >= 0.6 is 0 Å². The van der Waals surface area contributed by atoms with E-state index in [1.807, 2.05) is 50.2 Å². The number of methoxy groups -OCH3 is 1. The van der Waals surface area contributed by atoms with E-state index in [-0.39, 0.29) is 5.78 Å². The molecule has 0 unspecified atom stereocenters. The van der Waals surface area contributed by atoms with Crippen LogP contribution in [0.25, 0.3) is 0 Å². The topological polar surface area (TPSA) is 26.3 Å². The molecule has 2 aromatic carbocycles. The molecule has 0 atom stereocenters. The van der Waals surface area contributed by atoms with E-state index in [9.17, 15) is 4.79 Å². The van der Waals surface area contributed by atoms with Gasteiger partial charge in [0.15, 0.2) is 5.78 Å². The summed E-state index contributed by atoms with van der Waals surface area (Å²) in [4.78, 5) is 12.4. The summed E-state index contributed by atoms with van der Waals surface area (Å²) in [5, 5.41) is 0. The quantitative estimate of drug-likeness (QED) is 0.767. The molecule has 0 amide bonds. The largest absolute Gasteiger partial charge is 0.497 e. The average Bonchev–Trinajstić information content (AvgIpc) is 2.37. The van der Waals surface area contributed by atoms with Crippen LogP contribution in [0.3, 0.4) is 0 Å². The van der Waals surface area contributed by atoms with Crippen molar-refractivity contribution in [1.82, 2.24) is 0 Å². The zero-order valence-corrected chi connectivity index (χ0v) is 10.9. The van der Waals surface area contributed by atoms with Crippen molar-refractivity contribution in [3.8, 4) is 5.75 Å². The van der Waals surface area contributed by atoms with Crippen LogP contribution in [0.2, 0.25) is 0 Å². The van der Waals surface area contributed by atoms with E-state index in [2.05, 4.69) is 0 Å². The first-order valence-corrected chi connectivity index (χ1v) is 5.87. The first-order chi connectivity index (χ1) is 8.60. The van der Waals surface area contributed by atoms with Gasteiger partial charge in [-0.05, 0) is 43.7 Å². The van der Waals surface area contributed by atoms with E-state index in [1.165, 1.54) is 0 Å². The minimum absolute atomic E-state index is 0.0284. The summed E-state index contributed by atoms with van der Waals surface area (Å²) < 4.78 is 5.19. The van der Waals surface area contributed by atoms with Gasteiger partial charge in [0.25, 0.3) is 0 Å². The Morgan fingerprint density at radius 1 is 0.944 bits per heavy atom. The Labute approximate surface area is 107 Å². The highest BCUT2D eigenvalue weighted by molar-refractivity contribution is 6.09. The Bertz CT molecular complexity index is 585. The highest BCUT2D eigenvalue weighted by Crippen LogP contribution is 2.19. The summed E-state index contributed by atoms with van der Waals surface area (Å²) in [6, 6.07) is 13.2. The lowest BCUT2D eigenvalue weighted by molar-refractivity contribution is 0.103. The van der Waals surface area contributed by atoms with Gasteiger partial charge in [-0.3, -0.25) is 4.79 Å². The molecule has 0 aromatic heterocycles. The van der Waals surface area contributed by atoms with E-state index in [4.69, 9.17) is 4.74 Å². The van der Waals surface area contributed by atoms with Crippen LogP contribution in [0, 0.1) is 13.8 Å². The van der Waals surface area contributed by atoms with Crippen LogP contribution in [0.4, 0.5) is 0 Å². The fraction of sp³-hybridized carbons (Fsp3) is 0.188. The molecule has 2 heteroatoms. The van der Waals surface area contributed by atoms with E-state index in [0.717, 1.165) is 11.1 Å². The van der Waals surface area contributed by atoms with Gasteiger partial charge in [0.2, 0.25) is 0 Å². The van der Waals surface area contributed by atoms with Crippen molar-refractivity contribution in [3.05, 3.63) is 64.7 Å². The standard InChI is InChI=1S/C16H16O2/c1-11-5-4-6-13(7-11)16(17)14-8-12(2)9-15(10-14)18-3/h4-10H,1-3H3. The lowest BCUT2D eigenvalue weighted by Crippen LogP contribution is -2.02. The minimum Gasteiger partial charge on any atom is -0.497 e. The fourth-order valence-corrected chi connectivity index (χ4v) is 1.95. The number of carbonyl (C=O) groups is 1. The molecule has 0 aliphatic rings. The Balaban J connectivity index is 2.42. The predicted molar refractivity (Wildman–Crippen MR) is 72.3 cm³/mol. The highest BCUT2D eigenvalue weighted by Gasteiger charge is 2.10. The minimum atomic E-state index is 0.0284. The third-order valence-corrected chi connectivity index (χ3v) is 2.83. The van der Waals surface area contributed by atoms with Crippen LogP contribution in [-0.4, -0.2) is 12.9 Å². The molecule has 92 valence electrons. The first-order valence-electron chi connectivity index (χ1n) is 5.87. The number of hydrogen-bond acceptors (Lipinski definition) is 2. The molecule has 0 bridgehead atoms. The molecule has 0 fully saturated rings. The van der Waals surface area contributed by atoms with Crippen LogP contribution in [0.1, 0.15) is 27.0 Å². The number of ether oxygens (including phenoxy) is 1. The van der Waals surface area contributed by atoms with E-state index >= 15 is 0 Å². The van der Waals surface area contributed by atoms with Crippen LogP contribution in [0.5, 0.6) is 5.75 Å². The van der Waals surface area contributed by atoms with Crippen LogP contribution < -0.4 is 4.74 Å². The number of benzene rings is 2. The molecular weight excluding hydrogens is 224 g/mol. The van der Waals surface area contributed by atoms with Gasteiger partial charge < -0.3 is 4.74 Å². The molecule has 0 heterocycles. The van der Waals surface area contributed by atoms with E-state index in [0.29, 0.717) is 16.9 Å². The van der Waals surface area contributed by atoms with Crippen molar-refractivity contribution in [3.63, 3.8) is 0 Å². The Hall–Kier alpha value is -2.09. The maximum absolute atomic E-state index is 12.4. The molecule has 2 aromatic rings. The van der Waals surface area contributed by atoms with Crippen molar-refractivity contribution in [2.75, 3.05) is 7.11 Å². The lowest BCUT2D eigenvalue weighted by Gasteiger charge is -2.06. The van der Waals surface area contributed by atoms with Gasteiger partial charge in [-0.15, -0.1) is 0 Å². The van der Waals surface area contributed by atoms with Crippen molar-refractivity contribution < 1.29 is 9.53 Å². The van der Waals surface area contributed by atoms with Gasteiger partial charge >= 0.3 is 0 Å². The van der Waals surface area contributed by atoms with Gasteiger partial charge in [-0.2, -0.15) is 0 Å². The monoisotopic (exact) mass is 240 g/mol. The Morgan fingerprint density at radius 2 is 1.67 bits per heavy atom. The van der Waals surface area contributed by atoms with Crippen molar-refractivity contribution >= 4 is 5.78 Å². The molecule has 18 heavy (non-hydrogen) atoms. The molecule has 0 aliphatic heterocycles. The second-order valence-corrected chi connectivity index (χ2v) is 4.44. The molecule has 2 rings (SSSR count). The number of carbonyl (C=O) groups excluding carboxylic acids is 1. The van der Waals surface area contributed by atoms with Crippen molar-refractivity contribution in [2.45, 2.75) is 13.8 Å². The number of rotatable bonds is 3. The van der Waals surface area contributed by atoms with E-state index in [1.54, 1.807) is 13.2 Å². The summed E-state index contributed by atoms with van der Waals surface area (Å²) in [6.45, 7) is 3.93. The normalized spacial score (nSPS) is 10.2. The molecule has 0 spiro atoms. The van der Waals surface area contributed by atoms with Gasteiger partial charge in [0.05, 0.1) is 7.11 Å². The zero-order valence-electron chi connectivity index (χ0n) is 10.9. The van der Waals surface area contributed by atoms with Crippen LogP contribution in [0.15, 0.2) is 42.5 Å². The zero-order chi connectivity index (χ0) is 13.1. The number of ketones is 1. The Morgan fingerprint density at radius 3 is 2.33 bits per heavy atom. The number of aryl methyl sites for hydroxylation is 2. The van der Waals surface area contributed by atoms with E-state index < -0.39 is 0 Å². The third-order valence-electron chi connectivity index (χ3n) is 2.83. The second-order valence-electron chi connectivity index (χ2n) is 4.44. The fourth-order valence-electron chi connectivity index (χ4n) is 1.95. The summed E-state index contributed by atoms with van der Waals surface area (Å²) >= 11 is 0.